The van der Waals surface area contributed by atoms with Crippen LogP contribution in [0, 0.1) is 0 Å². The summed E-state index contributed by atoms with van der Waals surface area (Å²) in [6, 6.07) is -0.858. The van der Waals surface area contributed by atoms with Crippen LogP contribution in [0.3, 0.4) is 0 Å². The van der Waals surface area contributed by atoms with Gasteiger partial charge in [0.25, 0.3) is 0 Å². The molecule has 0 fully saturated rings. The van der Waals surface area contributed by atoms with Gasteiger partial charge < -0.3 is 19.8 Å². The third-order valence-corrected chi connectivity index (χ3v) is 12.7. The largest absolute Gasteiger partial charge is 0.472 e. The summed E-state index contributed by atoms with van der Waals surface area (Å²) in [6.07, 6.45) is 52.6. The van der Waals surface area contributed by atoms with Gasteiger partial charge in [0, 0.05) is 6.42 Å². The fraction of sp³-hybridized carbons (Fsp3) is 0.902. The molecule has 0 saturated heterocycles. The zero-order valence-electron chi connectivity index (χ0n) is 40.5. The van der Waals surface area contributed by atoms with Crippen LogP contribution in [0.15, 0.2) is 24.3 Å². The Bertz CT molecular complexity index is 1030. The number of unbranched alkanes of at least 4 members (excludes halogenated alkanes) is 32. The van der Waals surface area contributed by atoms with Crippen molar-refractivity contribution in [1.29, 1.82) is 0 Å². The van der Waals surface area contributed by atoms with Crippen molar-refractivity contribution >= 4 is 13.7 Å². The third kappa shape index (κ3) is 45.0. The molecule has 9 heteroatoms. The van der Waals surface area contributed by atoms with E-state index >= 15 is 0 Å². The molecule has 356 valence electrons. The molecule has 0 aliphatic carbocycles. The van der Waals surface area contributed by atoms with Crippen molar-refractivity contribution in [3.63, 3.8) is 0 Å². The number of hydrogen-bond acceptors (Lipinski definition) is 5. The van der Waals surface area contributed by atoms with E-state index in [1.165, 1.54) is 186 Å². The number of nitrogens with zero attached hydrogens (tertiary/aromatic N) is 1. The molecule has 8 nitrogen and oxygen atoms in total. The van der Waals surface area contributed by atoms with Gasteiger partial charge in [0.15, 0.2) is 0 Å². The Morgan fingerprint density at radius 1 is 0.550 bits per heavy atom. The van der Waals surface area contributed by atoms with Crippen LogP contribution < -0.4 is 5.32 Å². The highest BCUT2D eigenvalue weighted by Gasteiger charge is 2.27. The van der Waals surface area contributed by atoms with Gasteiger partial charge >= 0.3 is 7.82 Å². The quantitative estimate of drug-likeness (QED) is 0.0243. The van der Waals surface area contributed by atoms with Gasteiger partial charge in [0.2, 0.25) is 5.91 Å². The fourth-order valence-corrected chi connectivity index (χ4v) is 8.32. The number of quaternary nitrogens is 1. The van der Waals surface area contributed by atoms with E-state index in [9.17, 15) is 19.4 Å². The van der Waals surface area contributed by atoms with Crippen LogP contribution in [-0.2, 0) is 18.4 Å². The van der Waals surface area contributed by atoms with Gasteiger partial charge in [0.1, 0.15) is 13.2 Å². The van der Waals surface area contributed by atoms with E-state index in [1.807, 2.05) is 27.2 Å². The summed E-state index contributed by atoms with van der Waals surface area (Å²) >= 11 is 0. The van der Waals surface area contributed by atoms with Gasteiger partial charge in [-0.15, -0.1) is 0 Å². The van der Waals surface area contributed by atoms with Crippen LogP contribution in [0.2, 0.25) is 0 Å². The second-order valence-corrected chi connectivity index (χ2v) is 20.4. The summed E-state index contributed by atoms with van der Waals surface area (Å²) < 4.78 is 23.6. The minimum Gasteiger partial charge on any atom is -0.387 e. The second kappa shape index (κ2) is 43.2. The van der Waals surface area contributed by atoms with E-state index in [-0.39, 0.29) is 19.1 Å². The average Bonchev–Trinajstić information content (AvgIpc) is 3.20. The average molecular weight is 870 g/mol. The van der Waals surface area contributed by atoms with Gasteiger partial charge in [-0.05, 0) is 32.1 Å². The van der Waals surface area contributed by atoms with E-state index in [1.54, 1.807) is 6.08 Å². The van der Waals surface area contributed by atoms with Crippen LogP contribution in [0.1, 0.15) is 245 Å². The summed E-state index contributed by atoms with van der Waals surface area (Å²) in [5.41, 5.74) is 0. The molecule has 0 saturated carbocycles. The molecular formula is C51H102N2O6P+. The first kappa shape index (κ1) is 59.0. The lowest BCUT2D eigenvalue weighted by molar-refractivity contribution is -0.870. The smallest absolute Gasteiger partial charge is 0.387 e. The molecule has 3 N–H and O–H groups in total. The summed E-state index contributed by atoms with van der Waals surface area (Å²) in [5, 5.41) is 13.9. The molecule has 0 heterocycles. The van der Waals surface area contributed by atoms with Gasteiger partial charge in [-0.3, -0.25) is 13.8 Å². The molecule has 3 atom stereocenters. The number of carbonyl (C=O) groups excluding carboxylic acids is 1. The van der Waals surface area contributed by atoms with Crippen molar-refractivity contribution in [3.8, 4) is 0 Å². The number of carbonyl (C=O) groups is 1. The van der Waals surface area contributed by atoms with Gasteiger partial charge in [0.05, 0.1) is 39.9 Å². The SMILES string of the molecule is CCCCCCCCCCC/C=C/CC/C=C/[C@@H](O)[C@H](COP(=O)(O)OCC[N+](C)(C)C)NC(=O)CCCCCCCCCCCCCCCCCCCCCCCCC. The van der Waals surface area contributed by atoms with E-state index in [4.69, 9.17) is 9.05 Å². The number of phosphoric ester groups is 1. The molecule has 0 aliphatic rings. The first-order valence-electron chi connectivity index (χ1n) is 25.7. The molecule has 0 radical (unpaired) electrons. The Kier molecular flexibility index (Phi) is 42.5. The molecule has 0 aromatic rings. The fourth-order valence-electron chi connectivity index (χ4n) is 7.59. The first-order valence-corrected chi connectivity index (χ1v) is 27.2. The Morgan fingerprint density at radius 2 is 0.917 bits per heavy atom. The van der Waals surface area contributed by atoms with Crippen molar-refractivity contribution in [2.45, 2.75) is 257 Å². The molecule has 1 unspecified atom stereocenters. The summed E-state index contributed by atoms with van der Waals surface area (Å²) in [5.74, 6) is -0.183. The van der Waals surface area contributed by atoms with Crippen LogP contribution in [0.4, 0.5) is 0 Å². The number of hydrogen-bond donors (Lipinski definition) is 3. The monoisotopic (exact) mass is 870 g/mol. The zero-order chi connectivity index (χ0) is 44.3. The Balaban J connectivity index is 4.25. The van der Waals surface area contributed by atoms with E-state index < -0.39 is 20.0 Å². The number of allylic oxidation sites excluding steroid dienone is 3. The third-order valence-electron chi connectivity index (χ3n) is 11.7. The maximum Gasteiger partial charge on any atom is 0.472 e. The van der Waals surface area contributed by atoms with Crippen LogP contribution >= 0.6 is 7.82 Å². The second-order valence-electron chi connectivity index (χ2n) is 18.9. The van der Waals surface area contributed by atoms with Gasteiger partial charge in [-0.1, -0.05) is 231 Å². The molecule has 0 rings (SSSR count). The summed E-state index contributed by atoms with van der Waals surface area (Å²) in [4.78, 5) is 23.2. The molecule has 0 bridgehead atoms. The molecule has 60 heavy (non-hydrogen) atoms. The van der Waals surface area contributed by atoms with Crippen molar-refractivity contribution < 1.29 is 32.9 Å². The topological polar surface area (TPSA) is 105 Å². The highest BCUT2D eigenvalue weighted by Crippen LogP contribution is 2.43. The van der Waals surface area contributed by atoms with Crippen LogP contribution in [0.5, 0.6) is 0 Å². The number of aliphatic hydroxyl groups is 1. The minimum atomic E-state index is -4.34. The predicted octanol–water partition coefficient (Wildman–Crippen LogP) is 14.9. The molecular weight excluding hydrogens is 768 g/mol. The maximum absolute atomic E-state index is 12.9. The lowest BCUT2D eigenvalue weighted by Crippen LogP contribution is -2.45. The molecule has 0 aromatic carbocycles. The van der Waals surface area contributed by atoms with Gasteiger partial charge in [-0.2, -0.15) is 0 Å². The van der Waals surface area contributed by atoms with E-state index in [0.717, 1.165) is 38.5 Å². The number of nitrogens with one attached hydrogen (secondary N) is 1. The van der Waals surface area contributed by atoms with Crippen molar-refractivity contribution in [2.24, 2.45) is 0 Å². The zero-order valence-corrected chi connectivity index (χ0v) is 41.4. The van der Waals surface area contributed by atoms with E-state index in [0.29, 0.717) is 17.4 Å². The normalized spacial score (nSPS) is 14.3. The minimum absolute atomic E-state index is 0.0585. The number of likely N-dealkylation sites (N-methyl/N-ethyl adjacent to an activating group) is 1. The number of aliphatic hydroxyl groups excluding tert-OH is 1. The molecule has 0 spiro atoms. The van der Waals surface area contributed by atoms with Gasteiger partial charge in [-0.25, -0.2) is 4.57 Å². The Labute approximate surface area is 373 Å². The molecule has 0 aliphatic heterocycles. The lowest BCUT2D eigenvalue weighted by atomic mass is 10.0. The van der Waals surface area contributed by atoms with Crippen molar-refractivity contribution in [1.82, 2.24) is 5.32 Å². The number of phosphoric acid groups is 1. The predicted molar refractivity (Wildman–Crippen MR) is 258 cm³/mol. The lowest BCUT2D eigenvalue weighted by Gasteiger charge is -2.25. The maximum atomic E-state index is 12.9. The van der Waals surface area contributed by atoms with Crippen LogP contribution in [-0.4, -0.2) is 73.4 Å². The highest BCUT2D eigenvalue weighted by atomic mass is 31.2. The Morgan fingerprint density at radius 3 is 1.33 bits per heavy atom. The van der Waals surface area contributed by atoms with E-state index in [2.05, 4.69) is 31.3 Å². The molecule has 1 amide bonds. The molecule has 0 aromatic heterocycles. The summed E-state index contributed by atoms with van der Waals surface area (Å²) in [7, 11) is 1.56. The number of amides is 1. The first-order chi connectivity index (χ1) is 29.0. The summed E-state index contributed by atoms with van der Waals surface area (Å²) in [6.45, 7) is 4.82. The standard InChI is InChI=1S/C51H101N2O6P/c1-6-8-10-12-14-16-18-20-22-23-24-25-26-27-28-29-31-33-35-37-39-41-43-45-51(55)52-49(48-59-60(56,57)58-47-46-53(3,4)5)50(54)44-42-40-38-36-34-32-30-21-19-17-15-13-11-9-7-2/h34,36,42,44,49-50,54H,6-33,35,37-41,43,45-48H2,1-5H3,(H-,52,55,56,57)/p+1/b36-34+,44-42+/t49-,50+/m0/s1. The Hall–Kier alpha value is -1.02. The highest BCUT2D eigenvalue weighted by molar-refractivity contribution is 7.47. The van der Waals surface area contributed by atoms with Crippen molar-refractivity contribution in [3.05, 3.63) is 24.3 Å². The van der Waals surface area contributed by atoms with Crippen molar-refractivity contribution in [2.75, 3.05) is 40.9 Å². The van der Waals surface area contributed by atoms with Crippen LogP contribution in [0.25, 0.3) is 0 Å². The number of rotatable bonds is 47.